The van der Waals surface area contributed by atoms with Crippen LogP contribution in [0.15, 0.2) is 36.4 Å². The van der Waals surface area contributed by atoms with Crippen molar-refractivity contribution < 1.29 is 4.39 Å². The second-order valence-electron chi connectivity index (χ2n) is 5.54. The van der Waals surface area contributed by atoms with Gasteiger partial charge < -0.3 is 5.32 Å². The lowest BCUT2D eigenvalue weighted by molar-refractivity contribution is 0.534. The van der Waals surface area contributed by atoms with Crippen molar-refractivity contribution in [1.29, 1.82) is 0 Å². The standard InChI is InChI=1S/C17H17ClFN/c1-11-6-15(18)9-14-8-13(10-20-17(11)14)7-12-2-4-16(19)5-3-12/h2-6,9,13,20H,7-8,10H2,1H3. The van der Waals surface area contributed by atoms with E-state index in [1.165, 1.54) is 34.5 Å². The van der Waals surface area contributed by atoms with Crippen LogP contribution in [-0.2, 0) is 12.8 Å². The highest BCUT2D eigenvalue weighted by atomic mass is 35.5. The maximum atomic E-state index is 12.9. The molecule has 3 rings (SSSR count). The monoisotopic (exact) mass is 289 g/mol. The molecule has 0 fully saturated rings. The second-order valence-corrected chi connectivity index (χ2v) is 5.97. The molecule has 0 aliphatic carbocycles. The van der Waals surface area contributed by atoms with Gasteiger partial charge in [-0.2, -0.15) is 0 Å². The molecule has 1 N–H and O–H groups in total. The Labute approximate surface area is 123 Å². The topological polar surface area (TPSA) is 12.0 Å². The third-order valence-electron chi connectivity index (χ3n) is 3.90. The van der Waals surface area contributed by atoms with Crippen LogP contribution in [0.25, 0.3) is 0 Å². The van der Waals surface area contributed by atoms with Gasteiger partial charge in [-0.1, -0.05) is 23.7 Å². The average Bonchev–Trinajstić information content (AvgIpc) is 2.41. The Morgan fingerprint density at radius 3 is 2.75 bits per heavy atom. The summed E-state index contributed by atoms with van der Waals surface area (Å²) < 4.78 is 12.9. The summed E-state index contributed by atoms with van der Waals surface area (Å²) in [4.78, 5) is 0. The van der Waals surface area contributed by atoms with E-state index in [4.69, 9.17) is 11.6 Å². The number of fused-ring (bicyclic) bond motifs is 1. The minimum atomic E-state index is -0.178. The first-order valence-corrected chi connectivity index (χ1v) is 7.27. The van der Waals surface area contributed by atoms with Crippen LogP contribution in [0.4, 0.5) is 10.1 Å². The fourth-order valence-corrected chi connectivity index (χ4v) is 3.25. The molecule has 1 aliphatic rings. The van der Waals surface area contributed by atoms with Crippen molar-refractivity contribution in [3.63, 3.8) is 0 Å². The summed E-state index contributed by atoms with van der Waals surface area (Å²) in [5.41, 5.74) is 4.89. The van der Waals surface area contributed by atoms with Gasteiger partial charge in [0.2, 0.25) is 0 Å². The molecule has 3 heteroatoms. The van der Waals surface area contributed by atoms with Crippen molar-refractivity contribution >= 4 is 17.3 Å². The summed E-state index contributed by atoms with van der Waals surface area (Å²) in [6, 6.07) is 10.8. The SMILES string of the molecule is Cc1cc(Cl)cc2c1NCC(Cc1ccc(F)cc1)C2. The maximum absolute atomic E-state index is 12.9. The summed E-state index contributed by atoms with van der Waals surface area (Å²) in [5.74, 6) is 0.342. The Morgan fingerprint density at radius 1 is 1.25 bits per heavy atom. The van der Waals surface area contributed by atoms with E-state index in [-0.39, 0.29) is 5.82 Å². The Morgan fingerprint density at radius 2 is 2.00 bits per heavy atom. The Bertz CT molecular complexity index is 622. The van der Waals surface area contributed by atoms with Crippen LogP contribution in [0.2, 0.25) is 5.02 Å². The Balaban J connectivity index is 1.77. The third kappa shape index (κ3) is 2.80. The molecule has 1 unspecified atom stereocenters. The number of nitrogens with one attached hydrogen (secondary N) is 1. The number of aryl methyl sites for hydroxylation is 1. The Hall–Kier alpha value is -1.54. The molecule has 2 aromatic rings. The van der Waals surface area contributed by atoms with Crippen molar-refractivity contribution in [1.82, 2.24) is 0 Å². The number of hydrogen-bond acceptors (Lipinski definition) is 1. The molecular formula is C17H17ClFN. The third-order valence-corrected chi connectivity index (χ3v) is 4.11. The van der Waals surface area contributed by atoms with Crippen LogP contribution in [-0.4, -0.2) is 6.54 Å². The van der Waals surface area contributed by atoms with Crippen LogP contribution in [0.3, 0.4) is 0 Å². The zero-order valence-corrected chi connectivity index (χ0v) is 12.2. The number of rotatable bonds is 2. The van der Waals surface area contributed by atoms with E-state index in [9.17, 15) is 4.39 Å². The summed E-state index contributed by atoms with van der Waals surface area (Å²) in [6.07, 6.45) is 1.97. The lowest BCUT2D eigenvalue weighted by Gasteiger charge is -2.28. The van der Waals surface area contributed by atoms with Gasteiger partial charge in [0.05, 0.1) is 0 Å². The van der Waals surface area contributed by atoms with Crippen LogP contribution < -0.4 is 5.32 Å². The second kappa shape index (κ2) is 5.45. The fraction of sp³-hybridized carbons (Fsp3) is 0.294. The van der Waals surface area contributed by atoms with Gasteiger partial charge in [-0.3, -0.25) is 0 Å². The predicted octanol–water partition coefficient (Wildman–Crippen LogP) is 4.61. The van der Waals surface area contributed by atoms with Gasteiger partial charge in [0.1, 0.15) is 5.82 Å². The predicted molar refractivity (Wildman–Crippen MR) is 82.0 cm³/mol. The fourth-order valence-electron chi connectivity index (χ4n) is 2.95. The van der Waals surface area contributed by atoms with Crippen molar-refractivity contribution in [3.8, 4) is 0 Å². The summed E-state index contributed by atoms with van der Waals surface area (Å²) in [5, 5.41) is 4.30. The van der Waals surface area contributed by atoms with Crippen molar-refractivity contribution in [2.75, 3.05) is 11.9 Å². The molecule has 0 saturated carbocycles. The molecule has 1 heterocycles. The van der Waals surface area contributed by atoms with E-state index in [0.29, 0.717) is 5.92 Å². The molecule has 104 valence electrons. The average molecular weight is 290 g/mol. The zero-order valence-electron chi connectivity index (χ0n) is 11.4. The number of hydrogen-bond donors (Lipinski definition) is 1. The van der Waals surface area contributed by atoms with Gasteiger partial charge in [-0.25, -0.2) is 4.39 Å². The van der Waals surface area contributed by atoms with Crippen molar-refractivity contribution in [2.24, 2.45) is 5.92 Å². The van der Waals surface area contributed by atoms with Gasteiger partial charge in [-0.05, 0) is 66.6 Å². The highest BCUT2D eigenvalue weighted by molar-refractivity contribution is 6.30. The molecule has 1 atom stereocenters. The van der Waals surface area contributed by atoms with E-state index < -0.39 is 0 Å². The summed E-state index contributed by atoms with van der Waals surface area (Å²) in [7, 11) is 0. The first-order chi connectivity index (χ1) is 9.61. The molecule has 1 nitrogen and oxygen atoms in total. The van der Waals surface area contributed by atoms with E-state index >= 15 is 0 Å². The van der Waals surface area contributed by atoms with Crippen molar-refractivity contribution in [2.45, 2.75) is 19.8 Å². The first-order valence-electron chi connectivity index (χ1n) is 6.89. The van der Waals surface area contributed by atoms with E-state index in [1.807, 2.05) is 24.3 Å². The number of halogens is 2. The van der Waals surface area contributed by atoms with E-state index in [2.05, 4.69) is 12.2 Å². The Kier molecular flexibility index (Phi) is 3.66. The minimum Gasteiger partial charge on any atom is -0.384 e. The number of benzene rings is 2. The van der Waals surface area contributed by atoms with Gasteiger partial charge in [0.15, 0.2) is 0 Å². The molecule has 1 aliphatic heterocycles. The lowest BCUT2D eigenvalue weighted by atomic mass is 9.88. The van der Waals surface area contributed by atoms with Crippen LogP contribution in [0, 0.1) is 18.7 Å². The molecule has 0 bridgehead atoms. The lowest BCUT2D eigenvalue weighted by Crippen LogP contribution is -2.25. The van der Waals surface area contributed by atoms with Crippen LogP contribution >= 0.6 is 11.6 Å². The summed E-state index contributed by atoms with van der Waals surface area (Å²) >= 11 is 6.14. The largest absolute Gasteiger partial charge is 0.384 e. The minimum absolute atomic E-state index is 0.178. The van der Waals surface area contributed by atoms with Gasteiger partial charge in [0, 0.05) is 17.3 Å². The van der Waals surface area contributed by atoms with Gasteiger partial charge >= 0.3 is 0 Å². The van der Waals surface area contributed by atoms with E-state index in [1.54, 1.807) is 0 Å². The highest BCUT2D eigenvalue weighted by Crippen LogP contribution is 2.32. The van der Waals surface area contributed by atoms with Crippen molar-refractivity contribution in [3.05, 3.63) is 63.9 Å². The molecular weight excluding hydrogens is 273 g/mol. The smallest absolute Gasteiger partial charge is 0.123 e. The zero-order chi connectivity index (χ0) is 14.1. The van der Waals surface area contributed by atoms with Gasteiger partial charge in [-0.15, -0.1) is 0 Å². The van der Waals surface area contributed by atoms with Crippen LogP contribution in [0.5, 0.6) is 0 Å². The normalized spacial score (nSPS) is 17.4. The molecule has 2 aromatic carbocycles. The maximum Gasteiger partial charge on any atom is 0.123 e. The molecule has 0 spiro atoms. The number of anilines is 1. The van der Waals surface area contributed by atoms with Crippen LogP contribution in [0.1, 0.15) is 16.7 Å². The quantitative estimate of drug-likeness (QED) is 0.851. The molecule has 20 heavy (non-hydrogen) atoms. The van der Waals surface area contributed by atoms with E-state index in [0.717, 1.165) is 24.4 Å². The highest BCUT2D eigenvalue weighted by Gasteiger charge is 2.20. The molecule has 0 amide bonds. The molecule has 0 radical (unpaired) electrons. The first kappa shape index (κ1) is 13.4. The summed E-state index contributed by atoms with van der Waals surface area (Å²) in [6.45, 7) is 3.03. The molecule has 0 aromatic heterocycles. The van der Waals surface area contributed by atoms with Gasteiger partial charge in [0.25, 0.3) is 0 Å². The molecule has 0 saturated heterocycles.